The molecule has 9 heteroatoms. The molecule has 0 unspecified atom stereocenters. The minimum Gasteiger partial charge on any atom is -0.353 e. The molecule has 0 spiro atoms. The van der Waals surface area contributed by atoms with E-state index >= 15 is 0 Å². The molecule has 2 aromatic carbocycles. The van der Waals surface area contributed by atoms with Gasteiger partial charge in [0.15, 0.2) is 0 Å². The molecule has 1 aliphatic heterocycles. The van der Waals surface area contributed by atoms with Gasteiger partial charge in [-0.25, -0.2) is 14.8 Å². The van der Waals surface area contributed by atoms with E-state index in [1.165, 1.54) is 12.1 Å². The molecule has 36 heavy (non-hydrogen) atoms. The molecule has 1 saturated heterocycles. The van der Waals surface area contributed by atoms with Crippen molar-refractivity contribution in [2.45, 2.75) is 40.3 Å². The van der Waals surface area contributed by atoms with Crippen molar-refractivity contribution in [3.05, 3.63) is 81.8 Å². The summed E-state index contributed by atoms with van der Waals surface area (Å²) in [6, 6.07) is 11.1. The average Bonchev–Trinajstić information content (AvgIpc) is 2.82. The minimum absolute atomic E-state index is 0.152. The van der Waals surface area contributed by atoms with Crippen molar-refractivity contribution < 1.29 is 18.0 Å². The SMILES string of the molecule is Cc1ccc(NC(=O)N2CCN(c3nc(C)nc(C)c3Cc3cccc(C(F)(F)F)c3)CC2)c(C)c1. The maximum absolute atomic E-state index is 13.2. The molecule has 190 valence electrons. The van der Waals surface area contributed by atoms with Crippen molar-refractivity contribution in [1.29, 1.82) is 0 Å². The quantitative estimate of drug-likeness (QED) is 0.504. The molecule has 1 fully saturated rings. The summed E-state index contributed by atoms with van der Waals surface area (Å²) in [5.41, 5.74) is 4.35. The molecular weight excluding hydrogens is 467 g/mol. The van der Waals surface area contributed by atoms with Crippen LogP contribution in [0.1, 0.15) is 39.3 Å². The van der Waals surface area contributed by atoms with Gasteiger partial charge < -0.3 is 15.1 Å². The monoisotopic (exact) mass is 497 g/mol. The fourth-order valence-corrected chi connectivity index (χ4v) is 4.52. The first-order valence-electron chi connectivity index (χ1n) is 11.9. The van der Waals surface area contributed by atoms with Crippen molar-refractivity contribution in [3.63, 3.8) is 0 Å². The van der Waals surface area contributed by atoms with Gasteiger partial charge >= 0.3 is 12.2 Å². The largest absolute Gasteiger partial charge is 0.416 e. The molecule has 4 rings (SSSR count). The summed E-state index contributed by atoms with van der Waals surface area (Å²) in [7, 11) is 0. The summed E-state index contributed by atoms with van der Waals surface area (Å²) in [6.45, 7) is 9.76. The first-order chi connectivity index (χ1) is 17.0. The molecule has 2 heterocycles. The maximum Gasteiger partial charge on any atom is 0.416 e. The van der Waals surface area contributed by atoms with Crippen molar-refractivity contribution in [1.82, 2.24) is 14.9 Å². The molecule has 0 atom stereocenters. The number of alkyl halides is 3. The van der Waals surface area contributed by atoms with Crippen molar-refractivity contribution in [2.75, 3.05) is 36.4 Å². The number of urea groups is 1. The molecule has 1 N–H and O–H groups in total. The van der Waals surface area contributed by atoms with Gasteiger partial charge in [0.05, 0.1) is 5.56 Å². The second-order valence-electron chi connectivity index (χ2n) is 9.26. The third kappa shape index (κ3) is 5.78. The number of piperazine rings is 1. The molecular formula is C27H30F3N5O. The highest BCUT2D eigenvalue weighted by Gasteiger charge is 2.31. The number of hydrogen-bond donors (Lipinski definition) is 1. The Hall–Kier alpha value is -3.62. The number of carbonyl (C=O) groups excluding carboxylic acids is 1. The number of nitrogens with one attached hydrogen (secondary N) is 1. The summed E-state index contributed by atoms with van der Waals surface area (Å²) in [6.07, 6.45) is -4.11. The molecule has 2 amide bonds. The fourth-order valence-electron chi connectivity index (χ4n) is 4.52. The zero-order valence-corrected chi connectivity index (χ0v) is 20.9. The molecule has 1 aromatic heterocycles. The van der Waals surface area contributed by atoms with Crippen LogP contribution in [0.3, 0.4) is 0 Å². The van der Waals surface area contributed by atoms with Gasteiger partial charge in [0.2, 0.25) is 0 Å². The summed E-state index contributed by atoms with van der Waals surface area (Å²) in [5.74, 6) is 1.32. The van der Waals surface area contributed by atoms with Crippen LogP contribution in [0.4, 0.5) is 29.5 Å². The number of rotatable bonds is 4. The fraction of sp³-hybridized carbons (Fsp3) is 0.370. The van der Waals surface area contributed by atoms with Gasteiger partial charge in [-0.15, -0.1) is 0 Å². The van der Waals surface area contributed by atoms with Crippen molar-refractivity contribution in [2.24, 2.45) is 0 Å². The van der Waals surface area contributed by atoms with E-state index in [4.69, 9.17) is 0 Å². The second kappa shape index (κ2) is 10.2. The van der Waals surface area contributed by atoms with Crippen LogP contribution in [0.5, 0.6) is 0 Å². The Bertz CT molecular complexity index is 1270. The first kappa shape index (κ1) is 25.5. The van der Waals surface area contributed by atoms with Gasteiger partial charge in [0.1, 0.15) is 11.6 Å². The predicted molar refractivity (Wildman–Crippen MR) is 134 cm³/mol. The van der Waals surface area contributed by atoms with Gasteiger partial charge in [-0.2, -0.15) is 13.2 Å². The van der Waals surface area contributed by atoms with Crippen LogP contribution in [-0.4, -0.2) is 47.1 Å². The number of halogens is 3. The van der Waals surface area contributed by atoms with Gasteiger partial charge in [-0.3, -0.25) is 0 Å². The Labute approximate surface area is 209 Å². The van der Waals surface area contributed by atoms with Crippen LogP contribution in [-0.2, 0) is 12.6 Å². The summed E-state index contributed by atoms with van der Waals surface area (Å²) in [5, 5.41) is 2.99. The average molecular weight is 498 g/mol. The van der Waals surface area contributed by atoms with E-state index in [1.807, 2.05) is 39.0 Å². The lowest BCUT2D eigenvalue weighted by atomic mass is 10.0. The maximum atomic E-state index is 13.2. The highest BCUT2D eigenvalue weighted by atomic mass is 19.4. The smallest absolute Gasteiger partial charge is 0.353 e. The zero-order chi connectivity index (χ0) is 26.0. The third-order valence-electron chi connectivity index (χ3n) is 6.43. The van der Waals surface area contributed by atoms with Crippen molar-refractivity contribution >= 4 is 17.5 Å². The van der Waals surface area contributed by atoms with E-state index in [2.05, 4.69) is 20.2 Å². The molecule has 0 radical (unpaired) electrons. The van der Waals surface area contributed by atoms with Crippen LogP contribution in [0, 0.1) is 27.7 Å². The van der Waals surface area contributed by atoms with E-state index < -0.39 is 11.7 Å². The number of aromatic nitrogens is 2. The highest BCUT2D eigenvalue weighted by molar-refractivity contribution is 5.90. The molecule has 6 nitrogen and oxygen atoms in total. The number of carbonyl (C=O) groups is 1. The van der Waals surface area contributed by atoms with Crippen molar-refractivity contribution in [3.8, 4) is 0 Å². The molecule has 0 saturated carbocycles. The van der Waals surface area contributed by atoms with E-state index in [-0.39, 0.29) is 6.03 Å². The Morgan fingerprint density at radius 1 is 0.972 bits per heavy atom. The minimum atomic E-state index is -4.40. The Morgan fingerprint density at radius 3 is 2.36 bits per heavy atom. The van der Waals surface area contributed by atoms with E-state index in [1.54, 1.807) is 17.9 Å². The van der Waals surface area contributed by atoms with E-state index in [0.29, 0.717) is 49.8 Å². The van der Waals surface area contributed by atoms with Gasteiger partial charge in [-0.05, 0) is 51.0 Å². The Morgan fingerprint density at radius 2 is 1.69 bits per heavy atom. The lowest BCUT2D eigenvalue weighted by Crippen LogP contribution is -2.50. The normalized spacial score (nSPS) is 14.2. The number of anilines is 2. The second-order valence-corrected chi connectivity index (χ2v) is 9.26. The molecule has 0 bridgehead atoms. The first-order valence-corrected chi connectivity index (χ1v) is 11.9. The summed E-state index contributed by atoms with van der Waals surface area (Å²) >= 11 is 0. The van der Waals surface area contributed by atoms with Crippen LogP contribution >= 0.6 is 0 Å². The van der Waals surface area contributed by atoms with Gasteiger partial charge in [0, 0.05) is 49.5 Å². The third-order valence-corrected chi connectivity index (χ3v) is 6.43. The standard InChI is InChI=1S/C27H30F3N5O/c1-17-8-9-24(18(2)14-17)33-26(36)35-12-10-34(11-13-35)25-23(19(3)31-20(4)32-25)16-21-6-5-7-22(15-21)27(28,29)30/h5-9,14-15H,10-13,16H2,1-4H3,(H,33,36). The lowest BCUT2D eigenvalue weighted by Gasteiger charge is -2.36. The molecule has 0 aliphatic carbocycles. The Balaban J connectivity index is 1.49. The van der Waals surface area contributed by atoms with Gasteiger partial charge in [-0.1, -0.05) is 35.9 Å². The van der Waals surface area contributed by atoms with E-state index in [0.717, 1.165) is 34.1 Å². The van der Waals surface area contributed by atoms with Gasteiger partial charge in [0.25, 0.3) is 0 Å². The summed E-state index contributed by atoms with van der Waals surface area (Å²) < 4.78 is 39.7. The highest BCUT2D eigenvalue weighted by Crippen LogP contribution is 2.31. The lowest BCUT2D eigenvalue weighted by molar-refractivity contribution is -0.137. The number of hydrogen-bond acceptors (Lipinski definition) is 4. The predicted octanol–water partition coefficient (Wildman–Crippen LogP) is 5.67. The van der Waals surface area contributed by atoms with Crippen LogP contribution < -0.4 is 10.2 Å². The molecule has 3 aromatic rings. The number of benzene rings is 2. The summed E-state index contributed by atoms with van der Waals surface area (Å²) in [4.78, 5) is 25.8. The van der Waals surface area contributed by atoms with Crippen LogP contribution in [0.25, 0.3) is 0 Å². The topological polar surface area (TPSA) is 61.4 Å². The van der Waals surface area contributed by atoms with Crippen LogP contribution in [0.15, 0.2) is 42.5 Å². The number of amides is 2. The number of aryl methyl sites for hydroxylation is 4. The number of nitrogens with zero attached hydrogens (tertiary/aromatic N) is 4. The molecule has 1 aliphatic rings. The Kier molecular flexibility index (Phi) is 7.19. The van der Waals surface area contributed by atoms with Crippen LogP contribution in [0.2, 0.25) is 0 Å². The van der Waals surface area contributed by atoms with E-state index in [9.17, 15) is 18.0 Å². The zero-order valence-electron chi connectivity index (χ0n) is 20.9.